The third-order valence-corrected chi connectivity index (χ3v) is 4.29. The van der Waals surface area contributed by atoms with E-state index in [0.29, 0.717) is 36.3 Å². The van der Waals surface area contributed by atoms with Gasteiger partial charge in [0.2, 0.25) is 0 Å². The first kappa shape index (κ1) is 19.4. The highest BCUT2D eigenvalue weighted by Crippen LogP contribution is 2.17. The van der Waals surface area contributed by atoms with Crippen LogP contribution in [-0.2, 0) is 0 Å². The summed E-state index contributed by atoms with van der Waals surface area (Å²) in [6, 6.07) is 6.74. The van der Waals surface area contributed by atoms with Crippen LogP contribution in [-0.4, -0.2) is 42.1 Å². The molecule has 1 fully saturated rings. The van der Waals surface area contributed by atoms with Crippen molar-refractivity contribution in [3.8, 4) is 0 Å². The number of rotatable bonds is 3. The molecule has 138 valence electrons. The van der Waals surface area contributed by atoms with Crippen molar-refractivity contribution in [3.63, 3.8) is 0 Å². The Morgan fingerprint density at radius 2 is 1.76 bits per heavy atom. The van der Waals surface area contributed by atoms with Gasteiger partial charge in [-0.05, 0) is 63.8 Å². The van der Waals surface area contributed by atoms with Gasteiger partial charge in [-0.1, -0.05) is 11.6 Å². The fraction of sp³-hybridized carbons (Fsp3) is 0.556. The zero-order valence-electron chi connectivity index (χ0n) is 15.1. The van der Waals surface area contributed by atoms with Crippen molar-refractivity contribution in [2.24, 2.45) is 5.92 Å². The van der Waals surface area contributed by atoms with E-state index in [9.17, 15) is 9.59 Å². The molecule has 1 aliphatic rings. The molecule has 0 atom stereocenters. The summed E-state index contributed by atoms with van der Waals surface area (Å²) in [4.78, 5) is 25.9. The SMILES string of the molecule is CC(C)(C)NC(=O)N1CCC(CNC(=O)Nc2ccc(Cl)cc2)CC1. The van der Waals surface area contributed by atoms with E-state index in [1.807, 2.05) is 25.7 Å². The number of nitrogens with one attached hydrogen (secondary N) is 3. The van der Waals surface area contributed by atoms with E-state index in [1.54, 1.807) is 24.3 Å². The van der Waals surface area contributed by atoms with Crippen molar-refractivity contribution in [1.29, 1.82) is 0 Å². The summed E-state index contributed by atoms with van der Waals surface area (Å²) < 4.78 is 0. The number of amides is 4. The molecule has 1 saturated heterocycles. The van der Waals surface area contributed by atoms with E-state index in [2.05, 4.69) is 16.0 Å². The van der Waals surface area contributed by atoms with Gasteiger partial charge >= 0.3 is 12.1 Å². The van der Waals surface area contributed by atoms with Crippen LogP contribution in [0.1, 0.15) is 33.6 Å². The van der Waals surface area contributed by atoms with Gasteiger partial charge in [0.25, 0.3) is 0 Å². The number of anilines is 1. The lowest BCUT2D eigenvalue weighted by molar-refractivity contribution is 0.162. The van der Waals surface area contributed by atoms with Gasteiger partial charge in [-0.3, -0.25) is 0 Å². The molecule has 0 aliphatic carbocycles. The Bertz CT molecular complexity index is 590. The molecule has 0 spiro atoms. The number of halogens is 1. The van der Waals surface area contributed by atoms with E-state index in [4.69, 9.17) is 11.6 Å². The van der Waals surface area contributed by atoms with Gasteiger partial charge in [-0.15, -0.1) is 0 Å². The Kier molecular flexibility index (Phi) is 6.53. The highest BCUT2D eigenvalue weighted by Gasteiger charge is 2.25. The molecule has 0 aromatic heterocycles. The molecule has 1 heterocycles. The molecule has 25 heavy (non-hydrogen) atoms. The van der Waals surface area contributed by atoms with Crippen LogP contribution in [0.15, 0.2) is 24.3 Å². The highest BCUT2D eigenvalue weighted by atomic mass is 35.5. The smallest absolute Gasteiger partial charge is 0.319 e. The molecule has 1 aliphatic heterocycles. The first-order chi connectivity index (χ1) is 11.7. The third kappa shape index (κ3) is 6.82. The van der Waals surface area contributed by atoms with Crippen LogP contribution in [0.25, 0.3) is 0 Å². The van der Waals surface area contributed by atoms with Gasteiger partial charge in [0.05, 0.1) is 0 Å². The lowest BCUT2D eigenvalue weighted by Crippen LogP contribution is -2.51. The maximum absolute atomic E-state index is 12.1. The first-order valence-electron chi connectivity index (χ1n) is 8.60. The molecule has 2 rings (SSSR count). The fourth-order valence-electron chi connectivity index (χ4n) is 2.69. The van der Waals surface area contributed by atoms with Crippen LogP contribution in [0.5, 0.6) is 0 Å². The molecule has 4 amide bonds. The van der Waals surface area contributed by atoms with Gasteiger partial charge in [0.15, 0.2) is 0 Å². The number of benzene rings is 1. The summed E-state index contributed by atoms with van der Waals surface area (Å²) in [5, 5.41) is 9.29. The van der Waals surface area contributed by atoms with Crippen molar-refractivity contribution < 1.29 is 9.59 Å². The summed E-state index contributed by atoms with van der Waals surface area (Å²) in [5.41, 5.74) is 0.477. The number of piperidine rings is 1. The Balaban J connectivity index is 1.69. The zero-order chi connectivity index (χ0) is 18.4. The Labute approximate surface area is 154 Å². The second kappa shape index (κ2) is 8.43. The number of hydrogen-bond donors (Lipinski definition) is 3. The fourth-order valence-corrected chi connectivity index (χ4v) is 2.81. The molecule has 0 saturated carbocycles. The number of carbonyl (C=O) groups is 2. The summed E-state index contributed by atoms with van der Waals surface area (Å²) >= 11 is 5.82. The summed E-state index contributed by atoms with van der Waals surface area (Å²) in [5.74, 6) is 0.384. The number of urea groups is 2. The largest absolute Gasteiger partial charge is 0.338 e. The van der Waals surface area contributed by atoms with Crippen molar-refractivity contribution in [2.45, 2.75) is 39.2 Å². The van der Waals surface area contributed by atoms with Crippen LogP contribution >= 0.6 is 11.6 Å². The third-order valence-electron chi connectivity index (χ3n) is 4.04. The summed E-state index contributed by atoms with van der Waals surface area (Å²) in [6.45, 7) is 7.96. The first-order valence-corrected chi connectivity index (χ1v) is 8.98. The topological polar surface area (TPSA) is 73.5 Å². The highest BCUT2D eigenvalue weighted by molar-refractivity contribution is 6.30. The lowest BCUT2D eigenvalue weighted by atomic mass is 9.97. The van der Waals surface area contributed by atoms with Crippen molar-refractivity contribution >= 4 is 29.4 Å². The predicted molar refractivity (Wildman–Crippen MR) is 101 cm³/mol. The van der Waals surface area contributed by atoms with Gasteiger partial charge in [-0.25, -0.2) is 9.59 Å². The minimum atomic E-state index is -0.227. The Morgan fingerprint density at radius 1 is 1.16 bits per heavy atom. The standard InChI is InChI=1S/C18H27ClN4O2/c1-18(2,3)22-17(25)23-10-8-13(9-11-23)12-20-16(24)21-15-6-4-14(19)5-7-15/h4-7,13H,8-12H2,1-3H3,(H,22,25)(H2,20,21,24). The molecule has 0 bridgehead atoms. The Hall–Kier alpha value is -1.95. The van der Waals surface area contributed by atoms with Gasteiger partial charge in [0.1, 0.15) is 0 Å². The number of hydrogen-bond acceptors (Lipinski definition) is 2. The monoisotopic (exact) mass is 366 g/mol. The van der Waals surface area contributed by atoms with Gasteiger partial charge in [-0.2, -0.15) is 0 Å². The molecular weight excluding hydrogens is 340 g/mol. The van der Waals surface area contributed by atoms with Crippen molar-refractivity contribution in [3.05, 3.63) is 29.3 Å². The van der Waals surface area contributed by atoms with E-state index in [0.717, 1.165) is 12.8 Å². The van der Waals surface area contributed by atoms with E-state index < -0.39 is 0 Å². The minimum Gasteiger partial charge on any atom is -0.338 e. The Morgan fingerprint density at radius 3 is 2.32 bits per heavy atom. The molecular formula is C18H27ClN4O2. The lowest BCUT2D eigenvalue weighted by Gasteiger charge is -2.34. The van der Waals surface area contributed by atoms with Crippen molar-refractivity contribution in [1.82, 2.24) is 15.5 Å². The molecule has 3 N–H and O–H groups in total. The second-order valence-electron chi connectivity index (χ2n) is 7.45. The normalized spacial score (nSPS) is 15.6. The summed E-state index contributed by atoms with van der Waals surface area (Å²) in [6.07, 6.45) is 1.78. The van der Waals surface area contributed by atoms with Crippen LogP contribution in [0.2, 0.25) is 5.02 Å². The number of nitrogens with zero attached hydrogens (tertiary/aromatic N) is 1. The number of carbonyl (C=O) groups excluding carboxylic acids is 2. The minimum absolute atomic E-state index is 0.0145. The van der Waals surface area contributed by atoms with Crippen LogP contribution < -0.4 is 16.0 Å². The predicted octanol–water partition coefficient (Wildman–Crippen LogP) is 3.68. The van der Waals surface area contributed by atoms with Crippen LogP contribution in [0.3, 0.4) is 0 Å². The van der Waals surface area contributed by atoms with E-state index in [-0.39, 0.29) is 17.6 Å². The zero-order valence-corrected chi connectivity index (χ0v) is 15.8. The molecule has 6 nitrogen and oxygen atoms in total. The second-order valence-corrected chi connectivity index (χ2v) is 7.89. The maximum atomic E-state index is 12.1. The molecule has 1 aromatic carbocycles. The molecule has 1 aromatic rings. The molecule has 0 radical (unpaired) electrons. The van der Waals surface area contributed by atoms with Crippen LogP contribution in [0.4, 0.5) is 15.3 Å². The van der Waals surface area contributed by atoms with Gasteiger partial charge < -0.3 is 20.9 Å². The molecule has 7 heteroatoms. The van der Waals surface area contributed by atoms with Crippen molar-refractivity contribution in [2.75, 3.05) is 25.0 Å². The average molecular weight is 367 g/mol. The van der Waals surface area contributed by atoms with E-state index in [1.165, 1.54) is 0 Å². The van der Waals surface area contributed by atoms with Crippen LogP contribution in [0, 0.1) is 5.92 Å². The molecule has 0 unspecified atom stereocenters. The average Bonchev–Trinajstić information content (AvgIpc) is 2.54. The summed E-state index contributed by atoms with van der Waals surface area (Å²) in [7, 11) is 0. The maximum Gasteiger partial charge on any atom is 0.319 e. The quantitative estimate of drug-likeness (QED) is 0.763. The number of likely N-dealkylation sites (tertiary alicyclic amines) is 1. The van der Waals surface area contributed by atoms with E-state index >= 15 is 0 Å². The van der Waals surface area contributed by atoms with Gasteiger partial charge in [0, 0.05) is 35.9 Å².